The molecule has 62 heavy (non-hydrogen) atoms. The molecule has 0 amide bonds. The van der Waals surface area contributed by atoms with Crippen LogP contribution < -0.4 is 25.7 Å². The van der Waals surface area contributed by atoms with Gasteiger partial charge in [-0.15, -0.1) is 0 Å². The van der Waals surface area contributed by atoms with Crippen LogP contribution in [0.5, 0.6) is 11.5 Å². The molecule has 2 unspecified atom stereocenters. The minimum atomic E-state index is -1.63. The summed E-state index contributed by atoms with van der Waals surface area (Å²) in [6.07, 6.45) is 6.06. The maximum atomic E-state index is 13.3. The zero-order valence-electron chi connectivity index (χ0n) is 34.4. The van der Waals surface area contributed by atoms with Gasteiger partial charge in [0.15, 0.2) is 0 Å². The number of carbonyl (C=O) groups is 2. The molecule has 2 atom stereocenters. The number of carboxylic acids is 2. The smallest absolute Gasteiger partial charge is 0.326 e. The van der Waals surface area contributed by atoms with Gasteiger partial charge in [-0.2, -0.15) is 5.26 Å². The van der Waals surface area contributed by atoms with E-state index < -0.39 is 36.2 Å². The molecule has 6 rings (SSSR count). The van der Waals surface area contributed by atoms with E-state index in [-0.39, 0.29) is 42.4 Å². The maximum absolute atomic E-state index is 13.3. The molecule has 0 radical (unpaired) electrons. The maximum Gasteiger partial charge on any atom is 0.326 e. The number of benzene rings is 3. The molecule has 3 heterocycles. The molecule has 320 valence electrons. The van der Waals surface area contributed by atoms with Gasteiger partial charge in [-0.25, -0.2) is 4.98 Å². The molecule has 15 nitrogen and oxygen atoms in total. The summed E-state index contributed by atoms with van der Waals surface area (Å²) in [7, 11) is 0. The molecule has 3 aromatic heterocycles. The molecule has 6 N–H and O–H groups in total. The summed E-state index contributed by atoms with van der Waals surface area (Å²) in [4.78, 5) is 45.4. The van der Waals surface area contributed by atoms with Crippen molar-refractivity contribution >= 4 is 29.2 Å². The zero-order valence-corrected chi connectivity index (χ0v) is 35.2. The summed E-state index contributed by atoms with van der Waals surface area (Å²) in [5.41, 5.74) is 5.13. The van der Waals surface area contributed by atoms with Gasteiger partial charge < -0.3 is 29.9 Å². The Morgan fingerprint density at radius 2 is 1.42 bits per heavy atom. The molecular weight excluding hydrogens is 816 g/mol. The molecule has 6 aromatic rings. The molecule has 0 aliphatic heterocycles. The number of carboxylic acid groups (broad SMARTS) is 2. The number of hydrogen-bond acceptors (Lipinski definition) is 12. The van der Waals surface area contributed by atoms with Crippen molar-refractivity contribution in [2.75, 3.05) is 13.2 Å². The van der Waals surface area contributed by atoms with Crippen LogP contribution in [0.4, 0.5) is 0 Å². The fourth-order valence-electron chi connectivity index (χ4n) is 6.66. The van der Waals surface area contributed by atoms with Crippen LogP contribution in [0.2, 0.25) is 5.02 Å². The first-order valence-electron chi connectivity index (χ1n) is 19.4. The Morgan fingerprint density at radius 3 is 2.08 bits per heavy atom. The standard InChI is InChI=1S/C46H45ClN6O9/c1-27-32(24-62-40-16-39(61-23-30-13-29(17-48)18-49-19-30)33(14-38(40)47)21-51-45(3,25-54)43(57)58)7-5-9-36(27)37-10-6-8-35(28(37)2)31-11-12-53-41(15-31)50-20-34(42(53)56)22-52-46(4,26-55)44(59)60/h5-16,18-20,51-52,54-55H,21-26H2,1-4H3,(H,57,58)(H,59,60). The Morgan fingerprint density at radius 1 is 0.790 bits per heavy atom. The number of aliphatic hydroxyl groups excluding tert-OH is 2. The first-order chi connectivity index (χ1) is 29.6. The number of hydrogen-bond donors (Lipinski definition) is 6. The average Bonchev–Trinajstić information content (AvgIpc) is 3.27. The summed E-state index contributed by atoms with van der Waals surface area (Å²) in [5, 5.41) is 53.7. The SMILES string of the molecule is Cc1c(COc2cc(OCc3cncc(C#N)c3)c(CNC(C)(CO)C(=O)O)cc2Cl)cccc1-c1cccc(-c2ccn3c(=O)c(CNC(C)(CO)C(=O)O)cnc3c2)c1C. The highest BCUT2D eigenvalue weighted by atomic mass is 35.5. The van der Waals surface area contributed by atoms with E-state index in [2.05, 4.69) is 26.7 Å². The third-order valence-electron chi connectivity index (χ3n) is 10.9. The van der Waals surface area contributed by atoms with E-state index in [0.717, 1.165) is 38.9 Å². The number of halogens is 1. The Kier molecular flexibility index (Phi) is 13.7. The lowest BCUT2D eigenvalue weighted by Crippen LogP contribution is -2.52. The van der Waals surface area contributed by atoms with Crippen LogP contribution in [0.3, 0.4) is 0 Å². The number of aliphatic hydroxyl groups is 2. The van der Waals surface area contributed by atoms with Crippen LogP contribution in [0.15, 0.2) is 96.3 Å². The van der Waals surface area contributed by atoms with Crippen LogP contribution in [0, 0.1) is 25.2 Å². The molecular formula is C46H45ClN6O9. The van der Waals surface area contributed by atoms with E-state index in [9.17, 15) is 40.1 Å². The molecule has 0 aliphatic rings. The van der Waals surface area contributed by atoms with Gasteiger partial charge in [0, 0.05) is 55.1 Å². The van der Waals surface area contributed by atoms with E-state index in [1.54, 1.807) is 30.6 Å². The van der Waals surface area contributed by atoms with Gasteiger partial charge in [-0.3, -0.25) is 34.4 Å². The molecule has 0 fully saturated rings. The van der Waals surface area contributed by atoms with Crippen molar-refractivity contribution in [1.29, 1.82) is 5.26 Å². The van der Waals surface area contributed by atoms with Gasteiger partial charge in [0.1, 0.15) is 47.5 Å². The fourth-order valence-corrected chi connectivity index (χ4v) is 6.90. The highest BCUT2D eigenvalue weighted by molar-refractivity contribution is 6.32. The summed E-state index contributed by atoms with van der Waals surface area (Å²) >= 11 is 6.76. The van der Waals surface area contributed by atoms with Crippen molar-refractivity contribution in [3.05, 3.63) is 146 Å². The number of nitrogens with zero attached hydrogens (tertiary/aromatic N) is 4. The van der Waals surface area contributed by atoms with E-state index in [1.165, 1.54) is 30.6 Å². The minimum Gasteiger partial charge on any atom is -0.488 e. The molecule has 0 spiro atoms. The zero-order chi connectivity index (χ0) is 44.8. The number of fused-ring (bicyclic) bond motifs is 1. The second kappa shape index (κ2) is 18.9. The second-order valence-corrected chi connectivity index (χ2v) is 15.7. The largest absolute Gasteiger partial charge is 0.488 e. The second-order valence-electron chi connectivity index (χ2n) is 15.3. The first kappa shape index (κ1) is 44.9. The Hall–Kier alpha value is -6.67. The van der Waals surface area contributed by atoms with Crippen LogP contribution in [0.1, 0.15) is 52.8 Å². The normalized spacial score (nSPS) is 13.2. The fraction of sp³-hybridized carbons (Fsp3) is 0.261. The van der Waals surface area contributed by atoms with Crippen molar-refractivity contribution in [1.82, 2.24) is 25.0 Å². The van der Waals surface area contributed by atoms with Gasteiger partial charge >= 0.3 is 11.9 Å². The Bertz CT molecular complexity index is 2770. The van der Waals surface area contributed by atoms with Gasteiger partial charge in [-0.1, -0.05) is 48.0 Å². The van der Waals surface area contributed by atoms with Crippen molar-refractivity contribution in [3.63, 3.8) is 0 Å². The monoisotopic (exact) mass is 860 g/mol. The molecule has 0 saturated carbocycles. The third-order valence-corrected chi connectivity index (χ3v) is 11.2. The quantitative estimate of drug-likeness (QED) is 0.0621. The van der Waals surface area contributed by atoms with Crippen LogP contribution in [-0.4, -0.2) is 71.0 Å². The number of ether oxygens (including phenoxy) is 2. The highest BCUT2D eigenvalue weighted by Gasteiger charge is 2.33. The highest BCUT2D eigenvalue weighted by Crippen LogP contribution is 2.37. The van der Waals surface area contributed by atoms with Crippen LogP contribution in [0.25, 0.3) is 27.9 Å². The Balaban J connectivity index is 1.25. The van der Waals surface area contributed by atoms with Crippen molar-refractivity contribution in [2.24, 2.45) is 0 Å². The molecule has 0 saturated heterocycles. The number of aromatic nitrogens is 3. The lowest BCUT2D eigenvalue weighted by molar-refractivity contribution is -0.146. The third kappa shape index (κ3) is 9.60. The summed E-state index contributed by atoms with van der Waals surface area (Å²) < 4.78 is 13.9. The number of pyridine rings is 2. The number of rotatable bonds is 18. The van der Waals surface area contributed by atoms with Gasteiger partial charge in [-0.05, 0) is 90.9 Å². The van der Waals surface area contributed by atoms with E-state index in [4.69, 9.17) is 21.1 Å². The van der Waals surface area contributed by atoms with E-state index in [0.29, 0.717) is 33.8 Å². The summed E-state index contributed by atoms with van der Waals surface area (Å²) in [5.74, 6) is -1.81. The van der Waals surface area contributed by atoms with E-state index >= 15 is 0 Å². The predicted octanol–water partition coefficient (Wildman–Crippen LogP) is 5.57. The average molecular weight is 861 g/mol. The van der Waals surface area contributed by atoms with Crippen molar-refractivity contribution in [3.8, 4) is 39.8 Å². The summed E-state index contributed by atoms with van der Waals surface area (Å²) in [6.45, 7) is 5.50. The lowest BCUT2D eigenvalue weighted by Gasteiger charge is -2.25. The molecule has 0 bridgehead atoms. The van der Waals surface area contributed by atoms with Crippen molar-refractivity contribution in [2.45, 2.75) is 65.1 Å². The Labute approximate surface area is 361 Å². The van der Waals surface area contributed by atoms with Crippen molar-refractivity contribution < 1.29 is 39.5 Å². The number of aliphatic carboxylic acids is 2. The van der Waals surface area contributed by atoms with Gasteiger partial charge in [0.05, 0.1) is 29.4 Å². The molecule has 0 aliphatic carbocycles. The lowest BCUT2D eigenvalue weighted by atomic mass is 9.90. The molecule has 3 aromatic carbocycles. The number of nitrogens with one attached hydrogen (secondary N) is 2. The van der Waals surface area contributed by atoms with Gasteiger partial charge in [0.25, 0.3) is 5.56 Å². The number of nitriles is 1. The van der Waals surface area contributed by atoms with Crippen LogP contribution in [-0.2, 0) is 35.9 Å². The molecule has 16 heteroatoms. The van der Waals surface area contributed by atoms with E-state index in [1.807, 2.05) is 62.4 Å². The topological polar surface area (TPSA) is 229 Å². The summed E-state index contributed by atoms with van der Waals surface area (Å²) in [6, 6.07) is 22.5. The first-order valence-corrected chi connectivity index (χ1v) is 19.8. The minimum absolute atomic E-state index is 0.0104. The van der Waals surface area contributed by atoms with Gasteiger partial charge in [0.2, 0.25) is 0 Å². The predicted molar refractivity (Wildman–Crippen MR) is 231 cm³/mol. The van der Waals surface area contributed by atoms with Crippen LogP contribution >= 0.6 is 11.6 Å².